The number of aromatic nitrogens is 3. The Bertz CT molecular complexity index is 864. The van der Waals surface area contributed by atoms with E-state index in [2.05, 4.69) is 15.1 Å². The zero-order chi connectivity index (χ0) is 18.5. The van der Waals surface area contributed by atoms with Gasteiger partial charge < -0.3 is 19.3 Å². The predicted molar refractivity (Wildman–Crippen MR) is 92.0 cm³/mol. The molecule has 1 amide bonds. The monoisotopic (exact) mass is 354 g/mol. The molecular weight excluding hydrogens is 336 g/mol. The highest BCUT2D eigenvalue weighted by Crippen LogP contribution is 2.20. The lowest BCUT2D eigenvalue weighted by Crippen LogP contribution is -2.31. The van der Waals surface area contributed by atoms with Gasteiger partial charge in [0.15, 0.2) is 6.10 Å². The average Bonchev–Trinajstić information content (AvgIpc) is 3.16. The van der Waals surface area contributed by atoms with Crippen LogP contribution in [0.15, 0.2) is 53.3 Å². The van der Waals surface area contributed by atoms with E-state index in [9.17, 15) is 9.90 Å². The van der Waals surface area contributed by atoms with Gasteiger partial charge in [-0.3, -0.25) is 9.78 Å². The van der Waals surface area contributed by atoms with Crippen molar-refractivity contribution >= 4 is 5.91 Å². The minimum atomic E-state index is -1.29. The Hall–Kier alpha value is -3.26. The molecule has 0 aliphatic rings. The summed E-state index contributed by atoms with van der Waals surface area (Å²) in [5.74, 6) is 0.832. The number of ether oxygens (including phenoxy) is 1. The molecule has 0 radical (unpaired) electrons. The lowest BCUT2D eigenvalue weighted by molar-refractivity contribution is -0.140. The largest absolute Gasteiger partial charge is 0.497 e. The molecule has 8 nitrogen and oxygen atoms in total. The van der Waals surface area contributed by atoms with E-state index >= 15 is 0 Å². The van der Waals surface area contributed by atoms with E-state index in [1.807, 2.05) is 6.07 Å². The van der Waals surface area contributed by atoms with Gasteiger partial charge in [0.1, 0.15) is 5.75 Å². The van der Waals surface area contributed by atoms with E-state index in [4.69, 9.17) is 9.26 Å². The molecule has 0 saturated heterocycles. The summed E-state index contributed by atoms with van der Waals surface area (Å²) in [7, 11) is 3.11. The van der Waals surface area contributed by atoms with Gasteiger partial charge in [-0.25, -0.2) is 0 Å². The summed E-state index contributed by atoms with van der Waals surface area (Å²) in [6.45, 7) is 0.0826. The molecule has 0 bridgehead atoms. The minimum absolute atomic E-state index is 0.0826. The average molecular weight is 354 g/mol. The van der Waals surface area contributed by atoms with Crippen LogP contribution >= 0.6 is 0 Å². The van der Waals surface area contributed by atoms with Crippen LogP contribution in [0.5, 0.6) is 5.75 Å². The molecule has 0 aliphatic carbocycles. The van der Waals surface area contributed by atoms with Gasteiger partial charge in [0.2, 0.25) is 11.7 Å². The number of nitrogens with zero attached hydrogens (tertiary/aromatic N) is 4. The number of amides is 1. The van der Waals surface area contributed by atoms with Gasteiger partial charge in [-0.15, -0.1) is 0 Å². The quantitative estimate of drug-likeness (QED) is 0.720. The first-order chi connectivity index (χ1) is 12.6. The van der Waals surface area contributed by atoms with E-state index in [0.29, 0.717) is 17.1 Å². The second kappa shape index (κ2) is 7.75. The van der Waals surface area contributed by atoms with Crippen LogP contribution in [0, 0.1) is 0 Å². The molecule has 0 spiro atoms. The first kappa shape index (κ1) is 17.6. The minimum Gasteiger partial charge on any atom is -0.497 e. The van der Waals surface area contributed by atoms with Crippen LogP contribution in [-0.4, -0.2) is 45.2 Å². The van der Waals surface area contributed by atoms with Crippen LogP contribution < -0.4 is 4.74 Å². The van der Waals surface area contributed by atoms with Crippen LogP contribution in [0.1, 0.15) is 17.6 Å². The second-order valence-corrected chi connectivity index (χ2v) is 5.62. The molecule has 1 atom stereocenters. The van der Waals surface area contributed by atoms with Crippen molar-refractivity contribution in [1.82, 2.24) is 20.0 Å². The fourth-order valence-corrected chi connectivity index (χ4v) is 2.35. The molecular formula is C18H18N4O4. The van der Waals surface area contributed by atoms with Crippen molar-refractivity contribution in [3.63, 3.8) is 0 Å². The SMILES string of the molecule is COc1ccc([C@H](O)C(=O)N(C)Cc2nc(-c3cccnc3)no2)cc1. The number of benzene rings is 1. The summed E-state index contributed by atoms with van der Waals surface area (Å²) in [4.78, 5) is 22.0. The molecule has 1 aromatic carbocycles. The fourth-order valence-electron chi connectivity index (χ4n) is 2.35. The van der Waals surface area contributed by atoms with Gasteiger partial charge >= 0.3 is 0 Å². The highest BCUT2D eigenvalue weighted by atomic mass is 16.5. The summed E-state index contributed by atoms with van der Waals surface area (Å²) in [5, 5.41) is 14.2. The number of aliphatic hydroxyl groups is 1. The number of carbonyl (C=O) groups excluding carboxylic acids is 1. The summed E-state index contributed by atoms with van der Waals surface area (Å²) in [6.07, 6.45) is 1.99. The molecule has 0 unspecified atom stereocenters. The van der Waals surface area contributed by atoms with Gasteiger partial charge in [0.25, 0.3) is 5.91 Å². The number of likely N-dealkylation sites (N-methyl/N-ethyl adjacent to an activating group) is 1. The predicted octanol–water partition coefficient (Wildman–Crippen LogP) is 1.83. The molecule has 1 N–H and O–H groups in total. The number of hydrogen-bond donors (Lipinski definition) is 1. The molecule has 134 valence electrons. The Kier molecular flexibility index (Phi) is 5.23. The number of methoxy groups -OCH3 is 1. The first-order valence-electron chi connectivity index (χ1n) is 7.88. The Morgan fingerprint density at radius 3 is 2.73 bits per heavy atom. The summed E-state index contributed by atoms with van der Waals surface area (Å²) < 4.78 is 10.2. The molecule has 0 fully saturated rings. The van der Waals surface area contributed by atoms with Crippen molar-refractivity contribution in [2.75, 3.05) is 14.2 Å². The standard InChI is InChI=1S/C18H18N4O4/c1-22(18(24)16(23)12-5-7-14(25-2)8-6-12)11-15-20-17(21-26-15)13-4-3-9-19-10-13/h3-10,16,23H,11H2,1-2H3/t16-/m0/s1. The van der Waals surface area contributed by atoms with Crippen molar-refractivity contribution in [1.29, 1.82) is 0 Å². The molecule has 8 heteroatoms. The van der Waals surface area contributed by atoms with E-state index in [-0.39, 0.29) is 12.4 Å². The zero-order valence-corrected chi connectivity index (χ0v) is 14.4. The van der Waals surface area contributed by atoms with Gasteiger partial charge in [-0.1, -0.05) is 17.3 Å². The second-order valence-electron chi connectivity index (χ2n) is 5.62. The number of carbonyl (C=O) groups is 1. The molecule has 2 aromatic heterocycles. The van der Waals surface area contributed by atoms with Gasteiger partial charge in [-0.05, 0) is 29.8 Å². The van der Waals surface area contributed by atoms with Crippen molar-refractivity contribution < 1.29 is 19.2 Å². The lowest BCUT2D eigenvalue weighted by atomic mass is 10.1. The maximum Gasteiger partial charge on any atom is 0.256 e. The maximum atomic E-state index is 12.4. The van der Waals surface area contributed by atoms with Gasteiger partial charge in [0.05, 0.1) is 13.7 Å². The van der Waals surface area contributed by atoms with E-state index in [1.165, 1.54) is 4.90 Å². The van der Waals surface area contributed by atoms with Gasteiger partial charge in [-0.2, -0.15) is 4.98 Å². The van der Waals surface area contributed by atoms with Crippen LogP contribution in [0.4, 0.5) is 0 Å². The van der Waals surface area contributed by atoms with Crippen LogP contribution in [0.25, 0.3) is 11.4 Å². The van der Waals surface area contributed by atoms with Crippen LogP contribution in [0.3, 0.4) is 0 Å². The number of aliphatic hydroxyl groups excluding tert-OH is 1. The van der Waals surface area contributed by atoms with E-state index in [1.54, 1.807) is 56.9 Å². The third-order valence-corrected chi connectivity index (χ3v) is 3.80. The summed E-state index contributed by atoms with van der Waals surface area (Å²) in [5.41, 5.74) is 1.19. The van der Waals surface area contributed by atoms with Gasteiger partial charge in [0, 0.05) is 25.0 Å². The Morgan fingerprint density at radius 1 is 1.31 bits per heavy atom. The van der Waals surface area contributed by atoms with Crippen molar-refractivity contribution in [2.24, 2.45) is 0 Å². The normalized spacial score (nSPS) is 11.8. The zero-order valence-electron chi connectivity index (χ0n) is 14.4. The van der Waals surface area contributed by atoms with Crippen molar-refractivity contribution in [2.45, 2.75) is 12.6 Å². The molecule has 26 heavy (non-hydrogen) atoms. The molecule has 2 heterocycles. The van der Waals surface area contributed by atoms with E-state index < -0.39 is 12.0 Å². The number of pyridine rings is 1. The maximum absolute atomic E-state index is 12.4. The Labute approximate surface area is 150 Å². The Balaban J connectivity index is 1.66. The summed E-state index contributed by atoms with van der Waals surface area (Å²) >= 11 is 0. The number of hydrogen-bond acceptors (Lipinski definition) is 7. The van der Waals surface area contributed by atoms with Crippen LogP contribution in [0.2, 0.25) is 0 Å². The first-order valence-corrected chi connectivity index (χ1v) is 7.88. The number of rotatable bonds is 6. The summed E-state index contributed by atoms with van der Waals surface area (Å²) in [6, 6.07) is 10.2. The fraction of sp³-hybridized carbons (Fsp3) is 0.222. The highest BCUT2D eigenvalue weighted by Gasteiger charge is 2.23. The molecule has 3 rings (SSSR count). The highest BCUT2D eigenvalue weighted by molar-refractivity contribution is 5.81. The van der Waals surface area contributed by atoms with E-state index in [0.717, 1.165) is 5.56 Å². The van der Waals surface area contributed by atoms with Crippen LogP contribution in [-0.2, 0) is 11.3 Å². The molecule has 3 aromatic rings. The molecule has 0 saturated carbocycles. The van der Waals surface area contributed by atoms with Crippen molar-refractivity contribution in [3.8, 4) is 17.1 Å². The topological polar surface area (TPSA) is 102 Å². The third-order valence-electron chi connectivity index (χ3n) is 3.80. The molecule has 0 aliphatic heterocycles. The smallest absolute Gasteiger partial charge is 0.256 e. The Morgan fingerprint density at radius 2 is 2.08 bits per heavy atom. The third kappa shape index (κ3) is 3.86. The van der Waals surface area contributed by atoms with Crippen molar-refractivity contribution in [3.05, 3.63) is 60.2 Å². The lowest BCUT2D eigenvalue weighted by Gasteiger charge is -2.19.